The second kappa shape index (κ2) is 7.58. The molecule has 7 nitrogen and oxygen atoms in total. The van der Waals surface area contributed by atoms with Crippen molar-refractivity contribution in [1.29, 1.82) is 0 Å². The average molecular weight is 450 g/mol. The molecule has 1 amide bonds. The lowest BCUT2D eigenvalue weighted by Crippen LogP contribution is -2.45. The van der Waals surface area contributed by atoms with Crippen molar-refractivity contribution in [2.45, 2.75) is 18.2 Å². The van der Waals surface area contributed by atoms with Crippen LogP contribution in [0.5, 0.6) is 5.75 Å². The zero-order valence-corrected chi connectivity index (χ0v) is 16.7. The standard InChI is InChI=1S/C18H18F4N2O5S/c1-17(8-28-9-17)10-30(26,27)12-6-14(24(2)7-12)16(25)23-11-3-4-13(19)15(5-11)29-18(20,21)22/h3-7H,8-10H2,1-2H3,(H,23,25). The summed E-state index contributed by atoms with van der Waals surface area (Å²) in [7, 11) is -2.25. The maximum absolute atomic E-state index is 13.5. The molecule has 0 atom stereocenters. The van der Waals surface area contributed by atoms with Crippen molar-refractivity contribution in [2.24, 2.45) is 12.5 Å². The van der Waals surface area contributed by atoms with Gasteiger partial charge in [0.15, 0.2) is 21.4 Å². The molecule has 12 heteroatoms. The quantitative estimate of drug-likeness (QED) is 0.684. The molecule has 1 aromatic heterocycles. The van der Waals surface area contributed by atoms with Crippen molar-refractivity contribution in [3.63, 3.8) is 0 Å². The number of hydrogen-bond acceptors (Lipinski definition) is 5. The number of sulfone groups is 1. The number of carbonyl (C=O) groups excluding carboxylic acids is 1. The van der Waals surface area contributed by atoms with Gasteiger partial charge in [0.1, 0.15) is 5.69 Å². The molecule has 0 bridgehead atoms. The summed E-state index contributed by atoms with van der Waals surface area (Å²) in [5.74, 6) is -3.31. The van der Waals surface area contributed by atoms with Crippen LogP contribution >= 0.6 is 0 Å². The first-order chi connectivity index (χ1) is 13.8. The number of anilines is 1. The minimum Gasteiger partial charge on any atom is -0.403 e. The number of rotatable bonds is 6. The summed E-state index contributed by atoms with van der Waals surface area (Å²) in [5, 5.41) is 2.30. The van der Waals surface area contributed by atoms with E-state index in [1.165, 1.54) is 23.9 Å². The van der Waals surface area contributed by atoms with E-state index >= 15 is 0 Å². The molecule has 2 aromatic rings. The van der Waals surface area contributed by atoms with Gasteiger partial charge in [0.25, 0.3) is 5.91 Å². The normalized spacial score (nSPS) is 16.1. The van der Waals surface area contributed by atoms with Crippen LogP contribution in [0.1, 0.15) is 17.4 Å². The van der Waals surface area contributed by atoms with E-state index in [2.05, 4.69) is 10.1 Å². The molecule has 0 saturated carbocycles. The van der Waals surface area contributed by atoms with Crippen molar-refractivity contribution in [1.82, 2.24) is 4.57 Å². The third kappa shape index (κ3) is 4.93. The largest absolute Gasteiger partial charge is 0.573 e. The van der Waals surface area contributed by atoms with Gasteiger partial charge in [0.05, 0.1) is 23.9 Å². The monoisotopic (exact) mass is 450 g/mol. The van der Waals surface area contributed by atoms with Crippen LogP contribution in [-0.4, -0.2) is 44.2 Å². The summed E-state index contributed by atoms with van der Waals surface area (Å²) in [6.07, 6.45) is -3.83. The molecule has 0 spiro atoms. The van der Waals surface area contributed by atoms with Crippen LogP contribution in [0.15, 0.2) is 35.4 Å². The number of alkyl halides is 3. The molecular weight excluding hydrogens is 432 g/mol. The minimum atomic E-state index is -5.10. The molecule has 1 fully saturated rings. The van der Waals surface area contributed by atoms with Gasteiger partial charge in [-0.1, -0.05) is 6.92 Å². The van der Waals surface area contributed by atoms with Gasteiger partial charge in [0.2, 0.25) is 0 Å². The number of halogens is 4. The predicted molar refractivity (Wildman–Crippen MR) is 97.4 cm³/mol. The van der Waals surface area contributed by atoms with Crippen LogP contribution in [0, 0.1) is 11.2 Å². The topological polar surface area (TPSA) is 86.6 Å². The van der Waals surface area contributed by atoms with Gasteiger partial charge in [-0.15, -0.1) is 13.2 Å². The number of nitrogens with one attached hydrogen (secondary N) is 1. The smallest absolute Gasteiger partial charge is 0.403 e. The summed E-state index contributed by atoms with van der Waals surface area (Å²) in [5.41, 5.74) is -0.711. The summed E-state index contributed by atoms with van der Waals surface area (Å²) < 4.78 is 85.7. The number of hydrogen-bond donors (Lipinski definition) is 1. The number of nitrogens with zero attached hydrogens (tertiary/aromatic N) is 1. The summed E-state index contributed by atoms with van der Waals surface area (Å²) in [4.78, 5) is 12.4. The summed E-state index contributed by atoms with van der Waals surface area (Å²) in [6, 6.07) is 3.61. The third-order valence-electron chi connectivity index (χ3n) is 4.43. The maximum atomic E-state index is 13.5. The lowest BCUT2D eigenvalue weighted by molar-refractivity contribution is -0.275. The Morgan fingerprint density at radius 3 is 2.53 bits per heavy atom. The van der Waals surface area contributed by atoms with Gasteiger partial charge in [-0.3, -0.25) is 4.79 Å². The zero-order valence-electron chi connectivity index (χ0n) is 15.9. The van der Waals surface area contributed by atoms with Crippen LogP contribution in [-0.2, 0) is 21.6 Å². The molecule has 0 unspecified atom stereocenters. The maximum Gasteiger partial charge on any atom is 0.573 e. The second-order valence-electron chi connectivity index (χ2n) is 7.38. The number of aromatic nitrogens is 1. The first kappa shape index (κ1) is 22.1. The minimum absolute atomic E-state index is 0.0498. The number of aryl methyl sites for hydroxylation is 1. The molecule has 30 heavy (non-hydrogen) atoms. The Balaban J connectivity index is 1.79. The lowest BCUT2D eigenvalue weighted by Gasteiger charge is -2.37. The molecule has 1 aliphatic heterocycles. The highest BCUT2D eigenvalue weighted by Gasteiger charge is 2.39. The molecule has 1 N–H and O–H groups in total. The van der Waals surface area contributed by atoms with Crippen LogP contribution in [0.2, 0.25) is 0 Å². The lowest BCUT2D eigenvalue weighted by atomic mass is 9.92. The van der Waals surface area contributed by atoms with E-state index < -0.39 is 39.1 Å². The van der Waals surface area contributed by atoms with E-state index in [9.17, 15) is 30.8 Å². The highest BCUT2D eigenvalue weighted by Crippen LogP contribution is 2.32. The Morgan fingerprint density at radius 2 is 1.97 bits per heavy atom. The van der Waals surface area contributed by atoms with Gasteiger partial charge >= 0.3 is 6.36 Å². The molecule has 0 radical (unpaired) electrons. The molecule has 164 valence electrons. The Bertz CT molecular complexity index is 1070. The van der Waals surface area contributed by atoms with Crippen LogP contribution in [0.4, 0.5) is 23.2 Å². The van der Waals surface area contributed by atoms with Crippen molar-refractivity contribution in [3.8, 4) is 5.75 Å². The van der Waals surface area contributed by atoms with Crippen molar-refractivity contribution in [2.75, 3.05) is 24.3 Å². The Kier molecular flexibility index (Phi) is 5.58. The summed E-state index contributed by atoms with van der Waals surface area (Å²) in [6.45, 7) is 2.42. The van der Waals surface area contributed by atoms with Crippen molar-refractivity contribution >= 4 is 21.4 Å². The summed E-state index contributed by atoms with van der Waals surface area (Å²) >= 11 is 0. The van der Waals surface area contributed by atoms with E-state index in [1.54, 1.807) is 6.92 Å². The van der Waals surface area contributed by atoms with Crippen molar-refractivity contribution in [3.05, 3.63) is 42.0 Å². The SMILES string of the molecule is Cn1cc(S(=O)(=O)CC2(C)COC2)cc1C(=O)Nc1ccc(F)c(OC(F)(F)F)c1. The van der Waals surface area contributed by atoms with Gasteiger partial charge in [-0.25, -0.2) is 12.8 Å². The predicted octanol–water partition coefficient (Wildman–Crippen LogP) is 3.13. The van der Waals surface area contributed by atoms with Gasteiger partial charge in [-0.2, -0.15) is 0 Å². The van der Waals surface area contributed by atoms with E-state index in [4.69, 9.17) is 4.74 Å². The molecule has 1 saturated heterocycles. The first-order valence-electron chi connectivity index (χ1n) is 8.62. The number of ether oxygens (including phenoxy) is 2. The van der Waals surface area contributed by atoms with E-state index in [0.717, 1.165) is 6.07 Å². The Hall–Kier alpha value is -2.60. The number of carbonyl (C=O) groups is 1. The second-order valence-corrected chi connectivity index (χ2v) is 9.37. The molecule has 1 aromatic carbocycles. The molecule has 0 aliphatic carbocycles. The van der Waals surface area contributed by atoms with E-state index in [1.807, 2.05) is 0 Å². The van der Waals surface area contributed by atoms with Crippen LogP contribution < -0.4 is 10.1 Å². The van der Waals surface area contributed by atoms with Gasteiger partial charge < -0.3 is 19.4 Å². The Labute approximate surface area is 169 Å². The first-order valence-corrected chi connectivity index (χ1v) is 10.3. The molecule has 3 rings (SSSR count). The number of amides is 1. The van der Waals surface area contributed by atoms with Crippen molar-refractivity contribution < 1.29 is 40.2 Å². The third-order valence-corrected chi connectivity index (χ3v) is 6.44. The van der Waals surface area contributed by atoms with E-state index in [-0.39, 0.29) is 22.0 Å². The fraction of sp³-hybridized carbons (Fsp3) is 0.389. The fourth-order valence-electron chi connectivity index (χ4n) is 2.99. The fourth-order valence-corrected chi connectivity index (χ4v) is 4.85. The number of benzene rings is 1. The van der Waals surface area contributed by atoms with Crippen LogP contribution in [0.25, 0.3) is 0 Å². The van der Waals surface area contributed by atoms with Gasteiger partial charge in [-0.05, 0) is 18.2 Å². The molecular formula is C18H18F4N2O5S. The van der Waals surface area contributed by atoms with Crippen LogP contribution in [0.3, 0.4) is 0 Å². The molecule has 2 heterocycles. The highest BCUT2D eigenvalue weighted by molar-refractivity contribution is 7.91. The van der Waals surface area contributed by atoms with E-state index in [0.29, 0.717) is 25.3 Å². The van der Waals surface area contributed by atoms with Gasteiger partial charge in [0, 0.05) is 30.4 Å². The average Bonchev–Trinajstić information content (AvgIpc) is 2.98. The Morgan fingerprint density at radius 1 is 1.30 bits per heavy atom. The molecule has 1 aliphatic rings. The highest BCUT2D eigenvalue weighted by atomic mass is 32.2. The zero-order chi connectivity index (χ0) is 22.3.